The molecule has 1 aliphatic heterocycles. The fourth-order valence-corrected chi connectivity index (χ4v) is 2.44. The number of likely N-dealkylation sites (N-methyl/N-ethyl adjacent to an activating group) is 1. The minimum atomic E-state index is -0.414. The van der Waals surface area contributed by atoms with E-state index in [4.69, 9.17) is 14.2 Å². The third-order valence-electron chi connectivity index (χ3n) is 3.31. The van der Waals surface area contributed by atoms with Crippen LogP contribution in [0.4, 0.5) is 5.69 Å². The molecule has 0 fully saturated rings. The number of fused-ring (bicyclic) bond motifs is 1. The number of hydrogen-bond donors (Lipinski definition) is 0. The summed E-state index contributed by atoms with van der Waals surface area (Å²) in [6.07, 6.45) is -0.410. The second-order valence-corrected chi connectivity index (χ2v) is 4.37. The Balaban J connectivity index is 2.57. The van der Waals surface area contributed by atoms with Crippen LogP contribution >= 0.6 is 0 Å². The van der Waals surface area contributed by atoms with Crippen LogP contribution in [-0.2, 0) is 19.0 Å². The second-order valence-electron chi connectivity index (χ2n) is 4.37. The van der Waals surface area contributed by atoms with Crippen LogP contribution < -0.4 is 4.90 Å². The van der Waals surface area contributed by atoms with E-state index in [0.717, 1.165) is 11.3 Å². The SMILES string of the molecule is CCOC(=O)C1=C(OC)C(OC)c2ccccc2N1C. The Morgan fingerprint density at radius 3 is 2.60 bits per heavy atom. The van der Waals surface area contributed by atoms with Crippen molar-refractivity contribution in [2.24, 2.45) is 0 Å². The first-order chi connectivity index (χ1) is 9.65. The molecule has 1 aliphatic rings. The number of ether oxygens (including phenoxy) is 3. The van der Waals surface area contributed by atoms with E-state index in [2.05, 4.69) is 0 Å². The van der Waals surface area contributed by atoms with Crippen LogP contribution in [0.15, 0.2) is 35.7 Å². The van der Waals surface area contributed by atoms with E-state index < -0.39 is 12.1 Å². The summed E-state index contributed by atoms with van der Waals surface area (Å²) in [5.41, 5.74) is 2.24. The van der Waals surface area contributed by atoms with E-state index in [1.165, 1.54) is 7.11 Å². The Labute approximate surface area is 118 Å². The summed E-state index contributed by atoms with van der Waals surface area (Å²) in [5, 5.41) is 0. The van der Waals surface area contributed by atoms with Gasteiger partial charge in [0.2, 0.25) is 0 Å². The molecule has 0 saturated heterocycles. The van der Waals surface area contributed by atoms with Crippen molar-refractivity contribution in [3.63, 3.8) is 0 Å². The zero-order chi connectivity index (χ0) is 14.7. The smallest absolute Gasteiger partial charge is 0.358 e. The van der Waals surface area contributed by atoms with Gasteiger partial charge in [-0.2, -0.15) is 0 Å². The molecule has 20 heavy (non-hydrogen) atoms. The highest BCUT2D eigenvalue weighted by Crippen LogP contribution is 2.41. The lowest BCUT2D eigenvalue weighted by atomic mass is 9.98. The lowest BCUT2D eigenvalue weighted by molar-refractivity contribution is -0.139. The van der Waals surface area contributed by atoms with Gasteiger partial charge < -0.3 is 19.1 Å². The lowest BCUT2D eigenvalue weighted by Crippen LogP contribution is -2.33. The largest absolute Gasteiger partial charge is 0.495 e. The van der Waals surface area contributed by atoms with Crippen molar-refractivity contribution in [1.29, 1.82) is 0 Å². The lowest BCUT2D eigenvalue weighted by Gasteiger charge is -2.34. The maximum atomic E-state index is 12.2. The van der Waals surface area contributed by atoms with E-state index in [-0.39, 0.29) is 0 Å². The molecule has 1 heterocycles. The Hall–Kier alpha value is -2.01. The molecule has 0 bridgehead atoms. The highest BCUT2D eigenvalue weighted by molar-refractivity contribution is 5.94. The molecular weight excluding hydrogens is 258 g/mol. The highest BCUT2D eigenvalue weighted by Gasteiger charge is 2.36. The minimum absolute atomic E-state index is 0.312. The Morgan fingerprint density at radius 2 is 2.00 bits per heavy atom. The van der Waals surface area contributed by atoms with E-state index in [1.807, 2.05) is 31.3 Å². The van der Waals surface area contributed by atoms with Gasteiger partial charge >= 0.3 is 5.97 Å². The molecule has 5 heteroatoms. The molecule has 0 radical (unpaired) electrons. The van der Waals surface area contributed by atoms with Gasteiger partial charge in [-0.1, -0.05) is 18.2 Å². The van der Waals surface area contributed by atoms with Crippen molar-refractivity contribution >= 4 is 11.7 Å². The maximum Gasteiger partial charge on any atom is 0.358 e. The van der Waals surface area contributed by atoms with Crippen LogP contribution in [-0.4, -0.2) is 33.8 Å². The van der Waals surface area contributed by atoms with Gasteiger partial charge in [0.05, 0.1) is 13.7 Å². The van der Waals surface area contributed by atoms with Crippen LogP contribution in [0.5, 0.6) is 0 Å². The number of para-hydroxylation sites is 1. The van der Waals surface area contributed by atoms with Crippen LogP contribution in [0.2, 0.25) is 0 Å². The third-order valence-corrected chi connectivity index (χ3v) is 3.31. The molecule has 0 aliphatic carbocycles. The van der Waals surface area contributed by atoms with Crippen molar-refractivity contribution in [2.45, 2.75) is 13.0 Å². The number of anilines is 1. The number of carbonyl (C=O) groups excluding carboxylic acids is 1. The summed E-state index contributed by atoms with van der Waals surface area (Å²) in [6, 6.07) is 7.75. The van der Waals surface area contributed by atoms with E-state index in [9.17, 15) is 4.79 Å². The molecule has 1 atom stereocenters. The number of nitrogens with zero attached hydrogens (tertiary/aromatic N) is 1. The Kier molecular flexibility index (Phi) is 4.29. The fraction of sp³-hybridized carbons (Fsp3) is 0.400. The molecule has 0 spiro atoms. The second kappa shape index (κ2) is 5.96. The average molecular weight is 277 g/mol. The quantitative estimate of drug-likeness (QED) is 0.790. The first-order valence-corrected chi connectivity index (χ1v) is 6.46. The Bertz CT molecular complexity index is 538. The number of esters is 1. The summed E-state index contributed by atoms with van der Waals surface area (Å²) in [6.45, 7) is 2.09. The van der Waals surface area contributed by atoms with Gasteiger partial charge in [0.25, 0.3) is 0 Å². The van der Waals surface area contributed by atoms with Crippen molar-refractivity contribution in [1.82, 2.24) is 0 Å². The molecular formula is C15H19NO4. The standard InChI is InChI=1S/C15H19NO4/c1-5-20-15(17)12-14(19-4)13(18-3)10-8-6-7-9-11(10)16(12)2/h6-9,13H,5H2,1-4H3. The van der Waals surface area contributed by atoms with Gasteiger partial charge in [-0.15, -0.1) is 0 Å². The zero-order valence-electron chi connectivity index (χ0n) is 12.2. The molecule has 0 aromatic heterocycles. The number of hydrogen-bond acceptors (Lipinski definition) is 5. The van der Waals surface area contributed by atoms with Crippen molar-refractivity contribution in [3.05, 3.63) is 41.3 Å². The van der Waals surface area contributed by atoms with Gasteiger partial charge in [0, 0.05) is 25.4 Å². The summed E-state index contributed by atoms with van der Waals surface area (Å²) in [5.74, 6) is 0.0514. The van der Waals surface area contributed by atoms with Crippen LogP contribution in [0, 0.1) is 0 Å². The molecule has 1 aromatic carbocycles. The molecule has 0 amide bonds. The van der Waals surface area contributed by atoms with Gasteiger partial charge in [0.15, 0.2) is 11.5 Å². The number of methoxy groups -OCH3 is 2. The van der Waals surface area contributed by atoms with Gasteiger partial charge in [-0.3, -0.25) is 0 Å². The van der Waals surface area contributed by atoms with E-state index in [0.29, 0.717) is 18.1 Å². The third kappa shape index (κ3) is 2.25. The molecule has 1 aromatic rings. The fourth-order valence-electron chi connectivity index (χ4n) is 2.44. The topological polar surface area (TPSA) is 48.0 Å². The van der Waals surface area contributed by atoms with Gasteiger partial charge in [-0.05, 0) is 13.0 Å². The number of benzene rings is 1. The molecule has 108 valence electrons. The van der Waals surface area contributed by atoms with E-state index >= 15 is 0 Å². The molecule has 1 unspecified atom stereocenters. The van der Waals surface area contributed by atoms with Crippen LogP contribution in [0.3, 0.4) is 0 Å². The van der Waals surface area contributed by atoms with Crippen LogP contribution in [0.1, 0.15) is 18.6 Å². The first-order valence-electron chi connectivity index (χ1n) is 6.46. The molecule has 5 nitrogen and oxygen atoms in total. The summed E-state index contributed by atoms with van der Waals surface area (Å²) >= 11 is 0. The molecule has 0 N–H and O–H groups in total. The number of rotatable bonds is 4. The summed E-state index contributed by atoms with van der Waals surface area (Å²) in [7, 11) is 4.94. The first kappa shape index (κ1) is 14.4. The zero-order valence-corrected chi connectivity index (χ0v) is 12.2. The van der Waals surface area contributed by atoms with Crippen molar-refractivity contribution in [3.8, 4) is 0 Å². The van der Waals surface area contributed by atoms with E-state index in [1.54, 1.807) is 18.9 Å². The van der Waals surface area contributed by atoms with Crippen LogP contribution in [0.25, 0.3) is 0 Å². The molecule has 2 rings (SSSR count). The summed E-state index contributed by atoms with van der Waals surface area (Å²) in [4.78, 5) is 14.0. The predicted molar refractivity (Wildman–Crippen MR) is 75.3 cm³/mol. The molecule has 0 saturated carbocycles. The Morgan fingerprint density at radius 1 is 1.30 bits per heavy atom. The highest BCUT2D eigenvalue weighted by atomic mass is 16.5. The minimum Gasteiger partial charge on any atom is -0.495 e. The normalized spacial score (nSPS) is 17.8. The van der Waals surface area contributed by atoms with Crippen molar-refractivity contribution < 1.29 is 19.0 Å². The maximum absolute atomic E-state index is 12.2. The number of carbonyl (C=O) groups is 1. The monoisotopic (exact) mass is 277 g/mol. The average Bonchev–Trinajstić information content (AvgIpc) is 2.47. The van der Waals surface area contributed by atoms with Gasteiger partial charge in [-0.25, -0.2) is 4.79 Å². The van der Waals surface area contributed by atoms with Gasteiger partial charge in [0.1, 0.15) is 6.10 Å². The van der Waals surface area contributed by atoms with Crippen molar-refractivity contribution in [2.75, 3.05) is 32.8 Å². The summed E-state index contributed by atoms with van der Waals surface area (Å²) < 4.78 is 16.0. The predicted octanol–water partition coefficient (Wildman–Crippen LogP) is 2.25.